The molecule has 2 nitrogen and oxygen atoms in total. The van der Waals surface area contributed by atoms with Crippen molar-refractivity contribution in [3.63, 3.8) is 0 Å². The zero-order valence-electron chi connectivity index (χ0n) is 17.8. The summed E-state index contributed by atoms with van der Waals surface area (Å²) in [5.74, 6) is -37.2. The first-order valence-electron chi connectivity index (χ1n) is 9.19. The third-order valence-corrected chi connectivity index (χ3v) is 4.82. The van der Waals surface area contributed by atoms with E-state index in [1.807, 2.05) is 0 Å². The molecule has 15 heteroatoms. The summed E-state index contributed by atoms with van der Waals surface area (Å²) in [6.45, 7) is 3.76. The molecule has 1 aromatic rings. The molecule has 0 spiro atoms. The SMILES string of the molecule is COC(C)(CC(F)(F)C(F)(F)C(F)(F)C(F)(F)C(F)(F)C(F)(F)F)c1cccc(OC(C)C)c1. The van der Waals surface area contributed by atoms with Gasteiger partial charge in [0.15, 0.2) is 0 Å². The van der Waals surface area contributed by atoms with Crippen molar-refractivity contribution >= 4 is 0 Å². The molecule has 0 saturated carbocycles. The van der Waals surface area contributed by atoms with Crippen LogP contribution in [0.15, 0.2) is 24.3 Å². The summed E-state index contributed by atoms with van der Waals surface area (Å²) < 4.78 is 184. The predicted octanol–water partition coefficient (Wildman–Crippen LogP) is 7.46. The number of rotatable bonds is 10. The lowest BCUT2D eigenvalue weighted by atomic mass is 9.84. The Morgan fingerprint density at radius 1 is 0.735 bits per heavy atom. The summed E-state index contributed by atoms with van der Waals surface area (Å²) >= 11 is 0. The smallest absolute Gasteiger partial charge is 0.460 e. The fourth-order valence-electron chi connectivity index (χ4n) is 2.80. The van der Waals surface area contributed by atoms with E-state index in [1.54, 1.807) is 13.8 Å². The van der Waals surface area contributed by atoms with Crippen LogP contribution >= 0.6 is 0 Å². The van der Waals surface area contributed by atoms with Crippen molar-refractivity contribution in [2.45, 2.75) is 74.7 Å². The average Bonchev–Trinajstić information content (AvgIpc) is 2.65. The van der Waals surface area contributed by atoms with Gasteiger partial charge in [-0.15, -0.1) is 0 Å². The maximum atomic E-state index is 14.4. The maximum absolute atomic E-state index is 14.4. The highest BCUT2D eigenvalue weighted by Crippen LogP contribution is 2.61. The molecule has 198 valence electrons. The molecular weight excluding hydrogens is 507 g/mol. The molecule has 0 bridgehead atoms. The van der Waals surface area contributed by atoms with Crippen molar-refractivity contribution in [3.8, 4) is 5.75 Å². The van der Waals surface area contributed by atoms with Gasteiger partial charge in [0.1, 0.15) is 5.75 Å². The first-order chi connectivity index (χ1) is 14.9. The molecule has 34 heavy (non-hydrogen) atoms. The Balaban J connectivity index is 3.51. The summed E-state index contributed by atoms with van der Waals surface area (Å²) in [6.07, 6.45) is -10.4. The van der Waals surface area contributed by atoms with Gasteiger partial charge in [0.05, 0.1) is 18.1 Å². The van der Waals surface area contributed by atoms with E-state index < -0.39 is 59.5 Å². The fraction of sp³-hybridized carbons (Fsp3) is 0.684. The Bertz CT molecular complexity index is 849. The van der Waals surface area contributed by atoms with Gasteiger partial charge >= 0.3 is 35.8 Å². The van der Waals surface area contributed by atoms with Crippen LogP contribution < -0.4 is 4.74 Å². The Morgan fingerprint density at radius 2 is 1.21 bits per heavy atom. The van der Waals surface area contributed by atoms with Gasteiger partial charge in [-0.25, -0.2) is 0 Å². The number of methoxy groups -OCH3 is 1. The van der Waals surface area contributed by atoms with E-state index in [2.05, 4.69) is 0 Å². The van der Waals surface area contributed by atoms with Crippen molar-refractivity contribution < 1.29 is 66.5 Å². The highest BCUT2D eigenvalue weighted by molar-refractivity contribution is 5.33. The number of alkyl halides is 13. The second kappa shape index (κ2) is 8.94. The van der Waals surface area contributed by atoms with Crippen LogP contribution in [0.5, 0.6) is 5.75 Å². The van der Waals surface area contributed by atoms with Gasteiger partial charge in [0.2, 0.25) is 0 Å². The number of halogens is 13. The molecule has 0 amide bonds. The average molecular weight is 526 g/mol. The maximum Gasteiger partial charge on any atom is 0.460 e. The van der Waals surface area contributed by atoms with Crippen LogP contribution in [-0.2, 0) is 10.3 Å². The monoisotopic (exact) mass is 526 g/mol. The number of hydrogen-bond acceptors (Lipinski definition) is 2. The van der Waals surface area contributed by atoms with Crippen LogP contribution in [0, 0.1) is 0 Å². The summed E-state index contributed by atoms with van der Waals surface area (Å²) in [7, 11) is 0.661. The van der Waals surface area contributed by atoms with Crippen molar-refractivity contribution in [2.24, 2.45) is 0 Å². The first-order valence-corrected chi connectivity index (χ1v) is 9.19. The van der Waals surface area contributed by atoms with Gasteiger partial charge in [-0.05, 0) is 38.5 Å². The van der Waals surface area contributed by atoms with Crippen LogP contribution in [0.3, 0.4) is 0 Å². The quantitative estimate of drug-likeness (QED) is 0.295. The van der Waals surface area contributed by atoms with E-state index in [0.717, 1.165) is 18.2 Å². The molecular formula is C19H19F13O2. The van der Waals surface area contributed by atoms with Crippen molar-refractivity contribution in [1.82, 2.24) is 0 Å². The summed E-state index contributed by atoms with van der Waals surface area (Å²) in [6, 6.07) is 4.42. The van der Waals surface area contributed by atoms with Crippen molar-refractivity contribution in [3.05, 3.63) is 29.8 Å². The Labute approximate surface area is 185 Å². The minimum Gasteiger partial charge on any atom is -0.491 e. The molecule has 0 aliphatic rings. The topological polar surface area (TPSA) is 18.5 Å². The Morgan fingerprint density at radius 3 is 1.62 bits per heavy atom. The van der Waals surface area contributed by atoms with E-state index >= 15 is 0 Å². The fourth-order valence-corrected chi connectivity index (χ4v) is 2.80. The van der Waals surface area contributed by atoms with E-state index in [1.165, 1.54) is 6.07 Å². The lowest BCUT2D eigenvalue weighted by Crippen LogP contribution is -2.70. The van der Waals surface area contributed by atoms with E-state index in [0.29, 0.717) is 14.0 Å². The molecule has 0 N–H and O–H groups in total. The molecule has 0 aromatic heterocycles. The number of hydrogen-bond donors (Lipinski definition) is 0. The zero-order valence-corrected chi connectivity index (χ0v) is 17.8. The lowest BCUT2D eigenvalue weighted by molar-refractivity contribution is -0.441. The summed E-state index contributed by atoms with van der Waals surface area (Å²) in [5.41, 5.74) is -3.04. The molecule has 1 unspecified atom stereocenters. The van der Waals surface area contributed by atoms with Crippen LogP contribution in [-0.4, -0.2) is 49.0 Å². The Kier molecular flexibility index (Phi) is 7.91. The van der Waals surface area contributed by atoms with Crippen molar-refractivity contribution in [1.29, 1.82) is 0 Å². The second-order valence-electron chi connectivity index (χ2n) is 7.81. The molecule has 0 fully saturated rings. The predicted molar refractivity (Wildman–Crippen MR) is 92.0 cm³/mol. The van der Waals surface area contributed by atoms with E-state index in [4.69, 9.17) is 9.47 Å². The van der Waals surface area contributed by atoms with Crippen LogP contribution in [0.1, 0.15) is 32.8 Å². The first kappa shape index (κ1) is 30.1. The van der Waals surface area contributed by atoms with E-state index in [9.17, 15) is 57.1 Å². The summed E-state index contributed by atoms with van der Waals surface area (Å²) in [5, 5.41) is 0. The molecule has 1 atom stereocenters. The highest BCUT2D eigenvalue weighted by Gasteiger charge is 2.90. The molecule has 0 aliphatic heterocycles. The van der Waals surface area contributed by atoms with Gasteiger partial charge in [-0.3, -0.25) is 0 Å². The molecule has 1 aromatic carbocycles. The molecule has 0 aliphatic carbocycles. The van der Waals surface area contributed by atoms with Gasteiger partial charge in [0.25, 0.3) is 0 Å². The number of ether oxygens (including phenoxy) is 2. The molecule has 0 radical (unpaired) electrons. The standard InChI is InChI=1S/C19H19F13O2/c1-10(2)34-12-7-5-6-11(8-12)13(3,33-4)9-14(20,21)15(22,23)16(24,25)17(26,27)18(28,29)19(30,31)32/h5-8,10H,9H2,1-4H3. The lowest BCUT2D eigenvalue weighted by Gasteiger charge is -2.42. The van der Waals surface area contributed by atoms with Crippen LogP contribution in [0.25, 0.3) is 0 Å². The second-order valence-corrected chi connectivity index (χ2v) is 7.81. The van der Waals surface area contributed by atoms with Gasteiger partial charge in [0, 0.05) is 7.11 Å². The third kappa shape index (κ3) is 4.89. The molecule has 1 rings (SSSR count). The normalized spacial score (nSPS) is 16.5. The molecule has 0 saturated heterocycles. The van der Waals surface area contributed by atoms with E-state index in [-0.39, 0.29) is 5.75 Å². The van der Waals surface area contributed by atoms with Gasteiger partial charge in [-0.2, -0.15) is 57.1 Å². The minimum atomic E-state index is -7.94. The molecule has 0 heterocycles. The van der Waals surface area contributed by atoms with Crippen LogP contribution in [0.4, 0.5) is 57.1 Å². The van der Waals surface area contributed by atoms with Crippen LogP contribution in [0.2, 0.25) is 0 Å². The Hall–Kier alpha value is -1.93. The zero-order chi connectivity index (χ0) is 27.2. The van der Waals surface area contributed by atoms with Gasteiger partial charge < -0.3 is 9.47 Å². The summed E-state index contributed by atoms with van der Waals surface area (Å²) in [4.78, 5) is 0. The number of benzene rings is 1. The largest absolute Gasteiger partial charge is 0.491 e. The highest BCUT2D eigenvalue weighted by atomic mass is 19.4. The van der Waals surface area contributed by atoms with Gasteiger partial charge in [-0.1, -0.05) is 12.1 Å². The van der Waals surface area contributed by atoms with Crippen molar-refractivity contribution in [2.75, 3.05) is 7.11 Å². The minimum absolute atomic E-state index is 0.0208. The third-order valence-electron chi connectivity index (χ3n) is 4.82.